The van der Waals surface area contributed by atoms with Crippen LogP contribution in [0.1, 0.15) is 65.4 Å². The Morgan fingerprint density at radius 3 is 2.43 bits per heavy atom. The van der Waals surface area contributed by atoms with Crippen LogP contribution in [0.3, 0.4) is 0 Å². The van der Waals surface area contributed by atoms with Crippen molar-refractivity contribution in [1.29, 1.82) is 0 Å². The molecule has 0 bridgehead atoms. The minimum atomic E-state index is -0.543. The first-order valence-electron chi connectivity index (χ1n) is 10.9. The van der Waals surface area contributed by atoms with Gasteiger partial charge < -0.3 is 11.1 Å². The number of nitrogens with one attached hydrogen (secondary N) is 1. The Morgan fingerprint density at radius 2 is 1.82 bits per heavy atom. The average molecular weight is 387 g/mol. The van der Waals surface area contributed by atoms with E-state index in [1.807, 2.05) is 18.2 Å². The number of hydrogen-bond acceptors (Lipinski definition) is 3. The van der Waals surface area contributed by atoms with Gasteiger partial charge in [-0.05, 0) is 55.9 Å². The van der Waals surface area contributed by atoms with Gasteiger partial charge in [0.2, 0.25) is 5.91 Å². The molecule has 3 N–H and O–H groups in total. The Hall–Kier alpha value is -1.68. The number of rotatable bonds is 9. The van der Waals surface area contributed by atoms with Gasteiger partial charge in [0.1, 0.15) is 5.78 Å². The summed E-state index contributed by atoms with van der Waals surface area (Å²) in [4.78, 5) is 25.3. The molecule has 1 aliphatic rings. The first-order chi connectivity index (χ1) is 13.3. The molecule has 1 fully saturated rings. The van der Waals surface area contributed by atoms with E-state index in [1.54, 1.807) is 6.92 Å². The maximum atomic E-state index is 13.1. The van der Waals surface area contributed by atoms with E-state index in [4.69, 9.17) is 5.73 Å². The van der Waals surface area contributed by atoms with Gasteiger partial charge in [0.05, 0.1) is 6.04 Å². The van der Waals surface area contributed by atoms with Crippen molar-refractivity contribution >= 4 is 11.7 Å². The highest BCUT2D eigenvalue weighted by Gasteiger charge is 2.35. The minimum Gasteiger partial charge on any atom is -0.352 e. The quantitative estimate of drug-likeness (QED) is 0.670. The molecule has 1 aliphatic carbocycles. The molecule has 0 radical (unpaired) electrons. The maximum Gasteiger partial charge on any atom is 0.236 e. The molecule has 0 unspecified atom stereocenters. The number of hydrogen-bond donors (Lipinski definition) is 2. The molecular weight excluding hydrogens is 348 g/mol. The lowest BCUT2D eigenvalue weighted by molar-refractivity contribution is -0.128. The molecule has 1 aromatic carbocycles. The molecule has 4 heteroatoms. The highest BCUT2D eigenvalue weighted by atomic mass is 16.2. The van der Waals surface area contributed by atoms with Crippen LogP contribution in [0.5, 0.6) is 0 Å². The molecule has 0 aliphatic heterocycles. The molecule has 0 spiro atoms. The van der Waals surface area contributed by atoms with Crippen molar-refractivity contribution in [1.82, 2.24) is 5.32 Å². The molecule has 5 atom stereocenters. The molecule has 1 saturated carbocycles. The first-order valence-corrected chi connectivity index (χ1v) is 10.9. The zero-order valence-corrected chi connectivity index (χ0v) is 18.0. The SMILES string of the molecule is CC(C)[C@@H]1CC[C@@H](C)C[C@H]1C(=O)CC[C@H](Cc1ccccc1)NC(=O)[C@H](C)N. The number of nitrogens with two attached hydrogens (primary N) is 1. The molecule has 156 valence electrons. The third kappa shape index (κ3) is 6.73. The van der Waals surface area contributed by atoms with E-state index in [0.717, 1.165) is 24.8 Å². The van der Waals surface area contributed by atoms with Crippen LogP contribution in [-0.2, 0) is 16.0 Å². The van der Waals surface area contributed by atoms with Crippen molar-refractivity contribution in [3.8, 4) is 0 Å². The Balaban J connectivity index is 2.01. The lowest BCUT2D eigenvalue weighted by Crippen LogP contribution is -2.45. The molecular formula is C24H38N2O2. The second kappa shape index (κ2) is 10.8. The van der Waals surface area contributed by atoms with Crippen molar-refractivity contribution in [2.45, 2.75) is 78.3 Å². The van der Waals surface area contributed by atoms with Gasteiger partial charge in [0.15, 0.2) is 0 Å². The van der Waals surface area contributed by atoms with Crippen LogP contribution in [0, 0.1) is 23.7 Å². The fraction of sp³-hybridized carbons (Fsp3) is 0.667. The summed E-state index contributed by atoms with van der Waals surface area (Å²) in [6.07, 6.45) is 5.31. The third-order valence-corrected chi connectivity index (χ3v) is 6.26. The first kappa shape index (κ1) is 22.6. The number of Topliss-reactive ketones (excluding diaryl/α,β-unsaturated/α-hetero) is 1. The van der Waals surface area contributed by atoms with Crippen molar-refractivity contribution in [2.24, 2.45) is 29.4 Å². The summed E-state index contributed by atoms with van der Waals surface area (Å²) in [7, 11) is 0. The predicted molar refractivity (Wildman–Crippen MR) is 115 cm³/mol. The van der Waals surface area contributed by atoms with Crippen LogP contribution in [0.4, 0.5) is 0 Å². The van der Waals surface area contributed by atoms with E-state index >= 15 is 0 Å². The maximum absolute atomic E-state index is 13.1. The molecule has 2 rings (SSSR count). The highest BCUT2D eigenvalue weighted by Crippen LogP contribution is 2.39. The summed E-state index contributed by atoms with van der Waals surface area (Å²) in [5, 5.41) is 3.05. The second-order valence-electron chi connectivity index (χ2n) is 9.12. The fourth-order valence-corrected chi connectivity index (χ4v) is 4.53. The van der Waals surface area contributed by atoms with Gasteiger partial charge >= 0.3 is 0 Å². The van der Waals surface area contributed by atoms with Gasteiger partial charge in [0, 0.05) is 18.4 Å². The minimum absolute atomic E-state index is 0.0663. The molecule has 1 amide bonds. The van der Waals surface area contributed by atoms with Crippen LogP contribution < -0.4 is 11.1 Å². The fourth-order valence-electron chi connectivity index (χ4n) is 4.53. The van der Waals surface area contributed by atoms with E-state index in [9.17, 15) is 9.59 Å². The normalized spacial score (nSPS) is 24.6. The molecule has 0 saturated heterocycles. The lowest BCUT2D eigenvalue weighted by Gasteiger charge is -2.36. The van der Waals surface area contributed by atoms with Gasteiger partial charge in [-0.3, -0.25) is 9.59 Å². The van der Waals surface area contributed by atoms with Crippen molar-refractivity contribution in [2.75, 3.05) is 0 Å². The summed E-state index contributed by atoms with van der Waals surface area (Å²) in [6.45, 7) is 8.43. The van der Waals surface area contributed by atoms with Gasteiger partial charge in [-0.25, -0.2) is 0 Å². The second-order valence-corrected chi connectivity index (χ2v) is 9.12. The molecule has 1 aromatic rings. The molecule has 0 aromatic heterocycles. The van der Waals surface area contributed by atoms with E-state index in [0.29, 0.717) is 36.4 Å². The zero-order chi connectivity index (χ0) is 20.7. The standard InChI is InChI=1S/C24H38N2O2/c1-16(2)21-12-10-17(3)14-22(21)23(27)13-11-20(26-24(28)18(4)25)15-19-8-6-5-7-9-19/h5-9,16-18,20-22H,10-15,25H2,1-4H3,(H,26,28)/t17-,18+,20-,21+,22-/m1/s1. The van der Waals surface area contributed by atoms with E-state index < -0.39 is 6.04 Å². The predicted octanol–water partition coefficient (Wildman–Crippen LogP) is 4.12. The number of benzene rings is 1. The topological polar surface area (TPSA) is 72.2 Å². The van der Waals surface area contributed by atoms with Crippen molar-refractivity contribution in [3.63, 3.8) is 0 Å². The summed E-state index contributed by atoms with van der Waals surface area (Å²) < 4.78 is 0. The van der Waals surface area contributed by atoms with Crippen LogP contribution in [0.25, 0.3) is 0 Å². The van der Waals surface area contributed by atoms with Crippen molar-refractivity contribution < 1.29 is 9.59 Å². The number of carbonyl (C=O) groups is 2. The third-order valence-electron chi connectivity index (χ3n) is 6.26. The Bertz CT molecular complexity index is 627. The Labute approximate surface area is 170 Å². The summed E-state index contributed by atoms with van der Waals surface area (Å²) in [5.74, 6) is 2.06. The summed E-state index contributed by atoms with van der Waals surface area (Å²) >= 11 is 0. The number of carbonyl (C=O) groups excluding carboxylic acids is 2. The van der Waals surface area contributed by atoms with E-state index in [2.05, 4.69) is 38.2 Å². The lowest BCUT2D eigenvalue weighted by atomic mass is 9.68. The van der Waals surface area contributed by atoms with Gasteiger partial charge in [-0.1, -0.05) is 57.5 Å². The van der Waals surface area contributed by atoms with Gasteiger partial charge in [0.25, 0.3) is 0 Å². The smallest absolute Gasteiger partial charge is 0.236 e. The van der Waals surface area contributed by atoms with E-state index in [1.165, 1.54) is 6.42 Å². The van der Waals surface area contributed by atoms with Crippen LogP contribution >= 0.6 is 0 Å². The monoisotopic (exact) mass is 386 g/mol. The molecule has 0 heterocycles. The van der Waals surface area contributed by atoms with E-state index in [-0.39, 0.29) is 17.9 Å². The zero-order valence-electron chi connectivity index (χ0n) is 18.0. The number of ketones is 1. The van der Waals surface area contributed by atoms with Crippen molar-refractivity contribution in [3.05, 3.63) is 35.9 Å². The molecule has 28 heavy (non-hydrogen) atoms. The molecule has 4 nitrogen and oxygen atoms in total. The van der Waals surface area contributed by atoms with Crippen LogP contribution in [0.15, 0.2) is 30.3 Å². The number of amides is 1. The highest BCUT2D eigenvalue weighted by molar-refractivity contribution is 5.82. The van der Waals surface area contributed by atoms with Gasteiger partial charge in [-0.15, -0.1) is 0 Å². The largest absolute Gasteiger partial charge is 0.352 e. The average Bonchev–Trinajstić information content (AvgIpc) is 2.66. The van der Waals surface area contributed by atoms with Gasteiger partial charge in [-0.2, -0.15) is 0 Å². The Kier molecular flexibility index (Phi) is 8.68. The summed E-state index contributed by atoms with van der Waals surface area (Å²) in [6, 6.07) is 9.50. The van der Waals surface area contributed by atoms with Crippen LogP contribution in [-0.4, -0.2) is 23.8 Å². The Morgan fingerprint density at radius 1 is 1.14 bits per heavy atom. The van der Waals surface area contributed by atoms with Crippen LogP contribution in [0.2, 0.25) is 0 Å². The summed E-state index contributed by atoms with van der Waals surface area (Å²) in [5.41, 5.74) is 6.90.